The second kappa shape index (κ2) is 10.1. The molecule has 0 saturated carbocycles. The molecule has 4 aromatic rings. The Balaban J connectivity index is 1.35. The first-order chi connectivity index (χ1) is 17.7. The lowest BCUT2D eigenvalue weighted by molar-refractivity contribution is -0.138. The number of rotatable bonds is 6. The molecule has 0 radical (unpaired) electrons. The first-order valence-corrected chi connectivity index (χ1v) is 12.3. The van der Waals surface area contributed by atoms with Crippen molar-refractivity contribution >= 4 is 22.1 Å². The van der Waals surface area contributed by atoms with Crippen molar-refractivity contribution in [2.45, 2.75) is 38.6 Å². The van der Waals surface area contributed by atoms with Crippen LogP contribution in [0.4, 0.5) is 28.9 Å². The molecule has 0 bridgehead atoms. The van der Waals surface area contributed by atoms with Crippen LogP contribution in [0, 0.1) is 12.7 Å². The van der Waals surface area contributed by atoms with Gasteiger partial charge in [-0.05, 0) is 73.0 Å². The van der Waals surface area contributed by atoms with Gasteiger partial charge in [0.25, 0.3) is 0 Å². The first-order valence-electron chi connectivity index (χ1n) is 12.3. The van der Waals surface area contributed by atoms with Crippen LogP contribution in [0.5, 0.6) is 5.75 Å². The summed E-state index contributed by atoms with van der Waals surface area (Å²) in [5.74, 6) is -0.470. The molecule has 192 valence electrons. The second-order valence-electron chi connectivity index (χ2n) is 9.47. The van der Waals surface area contributed by atoms with Gasteiger partial charge in [-0.25, -0.2) is 4.39 Å². The van der Waals surface area contributed by atoms with E-state index in [-0.39, 0.29) is 17.4 Å². The summed E-state index contributed by atoms with van der Waals surface area (Å²) >= 11 is 0. The fourth-order valence-electron chi connectivity index (χ4n) is 5.01. The van der Waals surface area contributed by atoms with E-state index < -0.39 is 23.7 Å². The van der Waals surface area contributed by atoms with Gasteiger partial charge in [0.1, 0.15) is 6.10 Å². The van der Waals surface area contributed by atoms with Crippen LogP contribution in [0.2, 0.25) is 0 Å². The van der Waals surface area contributed by atoms with Crippen LogP contribution in [-0.2, 0) is 6.18 Å². The van der Waals surface area contributed by atoms with Gasteiger partial charge in [-0.15, -0.1) is 0 Å². The Kier molecular flexibility index (Phi) is 6.82. The van der Waals surface area contributed by atoms with Gasteiger partial charge in [0.15, 0.2) is 11.6 Å². The number of fused-ring (bicyclic) bond motifs is 2. The second-order valence-corrected chi connectivity index (χ2v) is 9.47. The number of para-hydroxylation sites is 1. The summed E-state index contributed by atoms with van der Waals surface area (Å²) in [6.45, 7) is 4.43. The summed E-state index contributed by atoms with van der Waals surface area (Å²) in [7, 11) is 0. The normalized spacial score (nSPS) is 16.4. The van der Waals surface area contributed by atoms with E-state index in [1.807, 2.05) is 18.2 Å². The molecule has 0 amide bonds. The first kappa shape index (κ1) is 25.1. The van der Waals surface area contributed by atoms with Crippen molar-refractivity contribution < 1.29 is 22.3 Å². The Hall–Kier alpha value is -3.58. The molecule has 0 aromatic heterocycles. The van der Waals surface area contributed by atoms with Crippen molar-refractivity contribution in [2.75, 3.05) is 18.0 Å². The number of hydrogen-bond donors (Lipinski definition) is 1. The van der Waals surface area contributed by atoms with Gasteiger partial charge >= 0.3 is 6.18 Å². The van der Waals surface area contributed by atoms with E-state index in [0.717, 1.165) is 6.07 Å². The zero-order valence-electron chi connectivity index (χ0n) is 20.6. The molecule has 1 heterocycles. The molecule has 1 N–H and O–H groups in total. The van der Waals surface area contributed by atoms with E-state index >= 15 is 0 Å². The number of anilines is 2. The highest BCUT2D eigenvalue weighted by molar-refractivity contribution is 5.86. The third kappa shape index (κ3) is 5.14. The van der Waals surface area contributed by atoms with Crippen LogP contribution >= 0.6 is 0 Å². The highest BCUT2D eigenvalue weighted by Gasteiger charge is 2.34. The molecular formula is C30H28F4N2O. The lowest BCUT2D eigenvalue weighted by Gasteiger charge is -2.37. The lowest BCUT2D eigenvalue weighted by atomic mass is 9.99. The molecule has 2 atom stereocenters. The molecule has 1 unspecified atom stereocenters. The molecule has 3 nitrogen and oxygen atoms in total. The smallest absolute Gasteiger partial charge is 0.416 e. The Bertz CT molecular complexity index is 1410. The van der Waals surface area contributed by atoms with Crippen molar-refractivity contribution in [3.8, 4) is 5.75 Å². The van der Waals surface area contributed by atoms with Crippen molar-refractivity contribution in [3.63, 3.8) is 0 Å². The van der Waals surface area contributed by atoms with Gasteiger partial charge < -0.3 is 15.0 Å². The maximum absolute atomic E-state index is 14.7. The van der Waals surface area contributed by atoms with E-state index in [2.05, 4.69) is 36.5 Å². The van der Waals surface area contributed by atoms with Gasteiger partial charge in [0.05, 0.1) is 17.8 Å². The molecule has 0 saturated heterocycles. The van der Waals surface area contributed by atoms with E-state index in [1.54, 1.807) is 17.0 Å². The Morgan fingerprint density at radius 1 is 1.00 bits per heavy atom. The van der Waals surface area contributed by atoms with Crippen LogP contribution in [0.15, 0.2) is 78.9 Å². The van der Waals surface area contributed by atoms with Gasteiger partial charge in [-0.1, -0.05) is 54.6 Å². The van der Waals surface area contributed by atoms with E-state index in [9.17, 15) is 17.6 Å². The number of benzene rings is 4. The topological polar surface area (TPSA) is 24.5 Å². The average molecular weight is 509 g/mol. The largest absolute Gasteiger partial charge is 0.483 e. The fraction of sp³-hybridized carbons (Fsp3) is 0.267. The maximum Gasteiger partial charge on any atom is 0.416 e. The Morgan fingerprint density at radius 2 is 1.76 bits per heavy atom. The number of halogens is 4. The molecule has 4 aromatic carbocycles. The molecule has 0 aliphatic carbocycles. The number of alkyl halides is 3. The zero-order valence-corrected chi connectivity index (χ0v) is 20.6. The quantitative estimate of drug-likeness (QED) is 0.268. The van der Waals surface area contributed by atoms with Gasteiger partial charge in [-0.3, -0.25) is 0 Å². The van der Waals surface area contributed by atoms with Crippen LogP contribution in [0.25, 0.3) is 10.8 Å². The fourth-order valence-corrected chi connectivity index (χ4v) is 5.01. The minimum Gasteiger partial charge on any atom is -0.483 e. The van der Waals surface area contributed by atoms with E-state index in [0.29, 0.717) is 30.9 Å². The number of nitrogens with one attached hydrogen (secondary N) is 1. The van der Waals surface area contributed by atoms with Crippen LogP contribution < -0.4 is 15.0 Å². The summed E-state index contributed by atoms with van der Waals surface area (Å²) in [4.78, 5) is 1.72. The predicted molar refractivity (Wildman–Crippen MR) is 139 cm³/mol. The standard InChI is InChI=1S/C30H28F4N2O/c1-19-13-14-22(17-26(19)30(32,33)34)36-18-23(37-29-27(31)11-6-12-28(29)36)15-16-35-20(2)24-10-5-8-21-7-3-4-9-25(21)24/h3-14,17,20,23,35H,15-16,18H2,1-2H3/t20-,23?/m1/s1. The van der Waals surface area contributed by atoms with Crippen LogP contribution in [0.3, 0.4) is 0 Å². The summed E-state index contributed by atoms with van der Waals surface area (Å²) < 4.78 is 61.6. The van der Waals surface area contributed by atoms with Crippen LogP contribution in [-0.4, -0.2) is 19.2 Å². The SMILES string of the molecule is Cc1ccc(N2CC(CCN[C@H](C)c3cccc4ccccc34)Oc3c(F)cccc32)cc1C(F)(F)F. The molecule has 5 rings (SSSR count). The lowest BCUT2D eigenvalue weighted by Crippen LogP contribution is -2.39. The molecular weight excluding hydrogens is 480 g/mol. The molecule has 0 fully saturated rings. The van der Waals surface area contributed by atoms with Gasteiger partial charge in [0, 0.05) is 11.7 Å². The molecule has 1 aliphatic heterocycles. The number of aryl methyl sites for hydroxylation is 1. The highest BCUT2D eigenvalue weighted by atomic mass is 19.4. The van der Waals surface area contributed by atoms with Crippen molar-refractivity contribution in [3.05, 3.63) is 101 Å². The molecule has 1 aliphatic rings. The summed E-state index contributed by atoms with van der Waals surface area (Å²) in [6.07, 6.45) is -4.33. The van der Waals surface area contributed by atoms with Crippen molar-refractivity contribution in [2.24, 2.45) is 0 Å². The maximum atomic E-state index is 14.7. The third-order valence-electron chi connectivity index (χ3n) is 6.95. The van der Waals surface area contributed by atoms with E-state index in [4.69, 9.17) is 4.74 Å². The number of nitrogens with zero attached hydrogens (tertiary/aromatic N) is 1. The molecule has 37 heavy (non-hydrogen) atoms. The predicted octanol–water partition coefficient (Wildman–Crippen LogP) is 7.95. The molecule has 7 heteroatoms. The Labute approximate surface area is 213 Å². The summed E-state index contributed by atoms with van der Waals surface area (Å²) in [5.41, 5.74) is 1.41. The van der Waals surface area contributed by atoms with Gasteiger partial charge in [0.2, 0.25) is 0 Å². The van der Waals surface area contributed by atoms with Gasteiger partial charge in [-0.2, -0.15) is 13.2 Å². The average Bonchev–Trinajstić information content (AvgIpc) is 2.88. The van der Waals surface area contributed by atoms with Crippen molar-refractivity contribution in [1.82, 2.24) is 5.32 Å². The monoisotopic (exact) mass is 508 g/mol. The third-order valence-corrected chi connectivity index (χ3v) is 6.95. The zero-order chi connectivity index (χ0) is 26.2. The minimum atomic E-state index is -4.47. The summed E-state index contributed by atoms with van der Waals surface area (Å²) in [6, 6.07) is 23.2. The summed E-state index contributed by atoms with van der Waals surface area (Å²) in [5, 5.41) is 5.88. The van der Waals surface area contributed by atoms with Crippen molar-refractivity contribution in [1.29, 1.82) is 0 Å². The highest BCUT2D eigenvalue weighted by Crippen LogP contribution is 2.42. The van der Waals surface area contributed by atoms with E-state index in [1.165, 1.54) is 41.5 Å². The number of hydrogen-bond acceptors (Lipinski definition) is 3. The van der Waals surface area contributed by atoms with Crippen LogP contribution in [0.1, 0.15) is 36.1 Å². The minimum absolute atomic E-state index is 0.0648. The Morgan fingerprint density at radius 3 is 2.57 bits per heavy atom. The number of ether oxygens (including phenoxy) is 1. The molecule has 0 spiro atoms.